The van der Waals surface area contributed by atoms with E-state index in [0.717, 1.165) is 10.5 Å². The van der Waals surface area contributed by atoms with Gasteiger partial charge in [-0.05, 0) is 47.0 Å². The summed E-state index contributed by atoms with van der Waals surface area (Å²) in [6.45, 7) is 0. The molecule has 6 heteroatoms. The fourth-order valence-corrected chi connectivity index (χ4v) is 2.68. The molecular weight excluding hydrogens is 355 g/mol. The van der Waals surface area contributed by atoms with Crippen LogP contribution in [0, 0.1) is 17.5 Å². The molecule has 3 aromatic carbocycles. The summed E-state index contributed by atoms with van der Waals surface area (Å²) < 4.78 is 67.1. The molecule has 25 heavy (non-hydrogen) atoms. The van der Waals surface area contributed by atoms with Gasteiger partial charge in [0.25, 0.3) is 6.43 Å². The molecule has 0 unspecified atom stereocenters. The fraction of sp³-hybridized carbons (Fsp3) is 0.0526. The molecule has 0 aliphatic heterocycles. The van der Waals surface area contributed by atoms with E-state index in [-0.39, 0.29) is 11.1 Å². The van der Waals surface area contributed by atoms with E-state index in [0.29, 0.717) is 17.7 Å². The van der Waals surface area contributed by atoms with Gasteiger partial charge < -0.3 is 0 Å². The monoisotopic (exact) mass is 366 g/mol. The molecule has 0 atom stereocenters. The molecule has 0 nitrogen and oxygen atoms in total. The van der Waals surface area contributed by atoms with Crippen molar-refractivity contribution in [3.05, 3.63) is 77.6 Å². The second-order valence-electron chi connectivity index (χ2n) is 5.40. The zero-order valence-electron chi connectivity index (χ0n) is 12.6. The van der Waals surface area contributed by atoms with Crippen molar-refractivity contribution in [1.29, 1.82) is 0 Å². The average molecular weight is 366 g/mol. The maximum absolute atomic E-state index is 14.4. The Morgan fingerprint density at radius 3 is 1.68 bits per heavy atom. The van der Waals surface area contributed by atoms with Gasteiger partial charge >= 0.3 is 0 Å². The minimum atomic E-state index is -3.28. The number of alkyl halides is 2. The maximum atomic E-state index is 14.4. The Kier molecular flexibility index (Phi) is 4.81. The fourth-order valence-electron chi connectivity index (χ4n) is 2.53. The third-order valence-corrected chi connectivity index (χ3v) is 4.08. The van der Waals surface area contributed by atoms with Gasteiger partial charge in [0, 0.05) is 10.5 Å². The molecule has 0 radical (unpaired) electrons. The van der Waals surface area contributed by atoms with Crippen LogP contribution in [0.2, 0.25) is 0 Å². The highest BCUT2D eigenvalue weighted by Gasteiger charge is 2.21. The van der Waals surface area contributed by atoms with E-state index in [1.54, 1.807) is 30.3 Å². The highest BCUT2D eigenvalue weighted by Crippen LogP contribution is 2.33. The van der Waals surface area contributed by atoms with Crippen molar-refractivity contribution >= 4 is 12.6 Å². The van der Waals surface area contributed by atoms with E-state index in [9.17, 15) is 22.0 Å². The Hall–Kier alpha value is -2.34. The summed E-state index contributed by atoms with van der Waals surface area (Å²) >= 11 is 4.17. The number of halogens is 5. The zero-order valence-corrected chi connectivity index (χ0v) is 13.5. The SMILES string of the molecule is Fc1cc(-c2ccc(S)cc2)ccc1-c1cc(F)c(C(F)F)c(F)c1. The van der Waals surface area contributed by atoms with Crippen molar-refractivity contribution < 1.29 is 22.0 Å². The number of hydrogen-bond acceptors (Lipinski definition) is 1. The molecule has 0 aliphatic carbocycles. The van der Waals surface area contributed by atoms with Gasteiger partial charge in [0.1, 0.15) is 17.5 Å². The second-order valence-corrected chi connectivity index (χ2v) is 5.91. The number of thiol groups is 1. The first-order valence-corrected chi connectivity index (χ1v) is 7.68. The summed E-state index contributed by atoms with van der Waals surface area (Å²) in [7, 11) is 0. The Balaban J connectivity index is 2.03. The maximum Gasteiger partial charge on any atom is 0.269 e. The molecule has 0 spiro atoms. The summed E-state index contributed by atoms with van der Waals surface area (Å²) in [6.07, 6.45) is -3.28. The van der Waals surface area contributed by atoms with Crippen LogP contribution < -0.4 is 0 Å². The van der Waals surface area contributed by atoms with Crippen molar-refractivity contribution in [1.82, 2.24) is 0 Å². The predicted octanol–water partition coefficient (Wildman–Crippen LogP) is 6.66. The highest BCUT2D eigenvalue weighted by atomic mass is 32.1. The molecule has 0 N–H and O–H groups in total. The van der Waals surface area contributed by atoms with Crippen LogP contribution in [0.3, 0.4) is 0 Å². The standard InChI is InChI=1S/C19H11F5S/c20-15-7-11(10-1-4-13(25)5-2-10)3-6-14(15)12-8-16(21)18(19(23)24)17(22)9-12/h1-9,19,25H. The van der Waals surface area contributed by atoms with Crippen LogP contribution in [-0.2, 0) is 0 Å². The van der Waals surface area contributed by atoms with E-state index in [1.807, 2.05) is 0 Å². The van der Waals surface area contributed by atoms with E-state index >= 15 is 0 Å². The number of rotatable bonds is 3. The summed E-state index contributed by atoms with van der Waals surface area (Å²) in [5.74, 6) is -3.52. The largest absolute Gasteiger partial charge is 0.269 e. The Labute approximate surface area is 146 Å². The van der Waals surface area contributed by atoms with E-state index < -0.39 is 29.4 Å². The molecular formula is C19H11F5S. The van der Waals surface area contributed by atoms with Crippen LogP contribution in [0.4, 0.5) is 22.0 Å². The van der Waals surface area contributed by atoms with E-state index in [2.05, 4.69) is 12.6 Å². The van der Waals surface area contributed by atoms with Crippen LogP contribution in [0.5, 0.6) is 0 Å². The normalized spacial score (nSPS) is 11.2. The van der Waals surface area contributed by atoms with Gasteiger partial charge in [0.05, 0.1) is 5.56 Å². The molecule has 0 aromatic heterocycles. The lowest BCUT2D eigenvalue weighted by molar-refractivity contribution is 0.141. The first kappa shape index (κ1) is 17.5. The Morgan fingerprint density at radius 1 is 0.640 bits per heavy atom. The lowest BCUT2D eigenvalue weighted by Crippen LogP contribution is -1.98. The minimum absolute atomic E-state index is 0.0758. The topological polar surface area (TPSA) is 0 Å². The van der Waals surface area contributed by atoms with Crippen LogP contribution in [0.1, 0.15) is 12.0 Å². The van der Waals surface area contributed by atoms with Crippen LogP contribution >= 0.6 is 12.6 Å². The smallest absolute Gasteiger partial charge is 0.206 e. The highest BCUT2D eigenvalue weighted by molar-refractivity contribution is 7.80. The van der Waals surface area contributed by atoms with E-state index in [1.165, 1.54) is 12.1 Å². The summed E-state index contributed by atoms with van der Waals surface area (Å²) in [5.41, 5.74) is -0.219. The first-order valence-electron chi connectivity index (χ1n) is 7.23. The minimum Gasteiger partial charge on any atom is -0.206 e. The third kappa shape index (κ3) is 3.54. The molecule has 3 rings (SSSR count). The molecule has 0 bridgehead atoms. The lowest BCUT2D eigenvalue weighted by atomic mass is 9.98. The van der Waals surface area contributed by atoms with Crippen LogP contribution in [-0.4, -0.2) is 0 Å². The van der Waals surface area contributed by atoms with E-state index in [4.69, 9.17) is 0 Å². The molecule has 0 aliphatic rings. The van der Waals surface area contributed by atoms with Crippen molar-refractivity contribution in [2.45, 2.75) is 11.3 Å². The van der Waals surface area contributed by atoms with Gasteiger partial charge in [-0.25, -0.2) is 22.0 Å². The van der Waals surface area contributed by atoms with Crippen molar-refractivity contribution in [3.8, 4) is 22.3 Å². The number of benzene rings is 3. The molecule has 128 valence electrons. The molecule has 0 saturated heterocycles. The zero-order chi connectivity index (χ0) is 18.1. The van der Waals surface area contributed by atoms with Gasteiger partial charge in [-0.15, -0.1) is 12.6 Å². The summed E-state index contributed by atoms with van der Waals surface area (Å²) in [6, 6.07) is 12.6. The Bertz CT molecular complexity index is 897. The quantitative estimate of drug-likeness (QED) is 0.389. The van der Waals surface area contributed by atoms with Gasteiger partial charge in [0.2, 0.25) is 0 Å². The van der Waals surface area contributed by atoms with Gasteiger partial charge in [0.15, 0.2) is 0 Å². The second kappa shape index (κ2) is 6.88. The molecule has 0 amide bonds. The summed E-state index contributed by atoms with van der Waals surface area (Å²) in [4.78, 5) is 0.755. The van der Waals surface area contributed by atoms with Crippen LogP contribution in [0.25, 0.3) is 22.3 Å². The summed E-state index contributed by atoms with van der Waals surface area (Å²) in [5, 5.41) is 0. The molecule has 0 heterocycles. The lowest BCUT2D eigenvalue weighted by Gasteiger charge is -2.10. The first-order chi connectivity index (χ1) is 11.9. The van der Waals surface area contributed by atoms with Crippen molar-refractivity contribution in [2.24, 2.45) is 0 Å². The molecule has 3 aromatic rings. The number of hydrogen-bond donors (Lipinski definition) is 1. The van der Waals surface area contributed by atoms with Gasteiger partial charge in [-0.1, -0.05) is 24.3 Å². The van der Waals surface area contributed by atoms with Crippen molar-refractivity contribution in [3.63, 3.8) is 0 Å². The predicted molar refractivity (Wildman–Crippen MR) is 89.4 cm³/mol. The van der Waals surface area contributed by atoms with Crippen molar-refractivity contribution in [2.75, 3.05) is 0 Å². The Morgan fingerprint density at radius 2 is 1.16 bits per heavy atom. The van der Waals surface area contributed by atoms with Gasteiger partial charge in [-0.2, -0.15) is 0 Å². The molecule has 0 fully saturated rings. The average Bonchev–Trinajstić information content (AvgIpc) is 2.54. The van der Waals surface area contributed by atoms with Crippen LogP contribution in [0.15, 0.2) is 59.5 Å². The molecule has 0 saturated carbocycles. The van der Waals surface area contributed by atoms with Gasteiger partial charge in [-0.3, -0.25) is 0 Å². The third-order valence-electron chi connectivity index (χ3n) is 3.78.